The largest absolute Gasteiger partial charge is 0.379 e. The standard InChI is InChI=1S/C43H62F2N8O9S/c1-41(2,61-5)14-18-62-42(3,4)13-15-49-39(59)33(25-63)50-36(56)12-11-35(55)48-17-16-47-34(54)10-9-27-7-6-8-28-23-52(24-31(27)28)37(57)20-29-19-32(51-38(29)58)40(60)53-26-43(44,45)21-30(53)22-46/h6-8,29-30,32-33,63H,9-21,23-26H2,1-5H3,(H,47,54)(H,48,55)(H,49,59)(H,50,56)(H,51,58)/t29-,30-,32-,33?/m0/s1. The summed E-state index contributed by atoms with van der Waals surface area (Å²) in [5.74, 6) is -7.06. The SMILES string of the molecule is COC(C)(C)CCOC(C)(C)CCNC(=O)C(CS)NC(=O)CCC(=O)NCCNC(=O)CCc1cccc2c1CN(C(=O)C[C@@H]1C[C@@H](C(=O)N3CC(F)(F)C[C@H]3C#N)NC1=O)C2. The molecule has 0 saturated carbocycles. The molecule has 0 bridgehead atoms. The quantitative estimate of drug-likeness (QED) is 0.0688. The number of halogens is 2. The lowest BCUT2D eigenvalue weighted by Gasteiger charge is -2.29. The summed E-state index contributed by atoms with van der Waals surface area (Å²) in [5.41, 5.74) is 1.91. The van der Waals surface area contributed by atoms with Gasteiger partial charge >= 0.3 is 0 Å². The zero-order chi connectivity index (χ0) is 46.5. The minimum atomic E-state index is -3.19. The highest BCUT2D eigenvalue weighted by atomic mass is 32.1. The van der Waals surface area contributed by atoms with Crippen molar-refractivity contribution in [3.05, 3.63) is 34.9 Å². The summed E-state index contributed by atoms with van der Waals surface area (Å²) < 4.78 is 39.2. The number of amides is 7. The molecule has 17 nitrogen and oxygen atoms in total. The molecule has 20 heteroatoms. The summed E-state index contributed by atoms with van der Waals surface area (Å²) >= 11 is 4.20. The fourth-order valence-electron chi connectivity index (χ4n) is 7.56. The van der Waals surface area contributed by atoms with Crippen LogP contribution < -0.4 is 26.6 Å². The second-order valence-corrected chi connectivity index (χ2v) is 17.9. The van der Waals surface area contributed by atoms with E-state index >= 15 is 0 Å². The van der Waals surface area contributed by atoms with Crippen LogP contribution in [0.3, 0.4) is 0 Å². The third kappa shape index (κ3) is 15.4. The van der Waals surface area contributed by atoms with Crippen LogP contribution in [0.5, 0.6) is 0 Å². The first-order valence-electron chi connectivity index (χ1n) is 21.3. The van der Waals surface area contributed by atoms with Crippen LogP contribution in [-0.2, 0) is 62.5 Å². The van der Waals surface area contributed by atoms with Crippen molar-refractivity contribution >= 4 is 54.0 Å². The van der Waals surface area contributed by atoms with Crippen LogP contribution in [-0.4, -0.2) is 132 Å². The van der Waals surface area contributed by atoms with E-state index < -0.39 is 78.1 Å². The molecule has 2 saturated heterocycles. The third-order valence-electron chi connectivity index (χ3n) is 11.6. The number of carbonyl (C=O) groups is 7. The first-order chi connectivity index (χ1) is 29.7. The number of rotatable bonds is 23. The van der Waals surface area contributed by atoms with E-state index in [1.165, 1.54) is 0 Å². The van der Waals surface area contributed by atoms with Crippen molar-refractivity contribution in [2.75, 3.05) is 45.6 Å². The zero-order valence-corrected chi connectivity index (χ0v) is 37.7. The van der Waals surface area contributed by atoms with E-state index in [-0.39, 0.29) is 74.9 Å². The molecule has 2 fully saturated rings. The van der Waals surface area contributed by atoms with Crippen LogP contribution in [0.4, 0.5) is 8.78 Å². The number of nitriles is 1. The number of hydrogen-bond acceptors (Lipinski definition) is 11. The summed E-state index contributed by atoms with van der Waals surface area (Å²) in [5, 5.41) is 22.6. The number of likely N-dealkylation sites (tertiary alicyclic amines) is 1. The summed E-state index contributed by atoms with van der Waals surface area (Å²) in [6.45, 7) is 8.63. The van der Waals surface area contributed by atoms with Gasteiger partial charge in [0.25, 0.3) is 5.92 Å². The Morgan fingerprint density at radius 2 is 1.65 bits per heavy atom. The molecule has 0 spiro atoms. The number of alkyl halides is 2. The zero-order valence-electron chi connectivity index (χ0n) is 36.8. The number of carbonyl (C=O) groups excluding carboxylic acids is 7. The number of thiol groups is 1. The Labute approximate surface area is 372 Å². The van der Waals surface area contributed by atoms with E-state index in [4.69, 9.17) is 9.47 Å². The smallest absolute Gasteiger partial charge is 0.268 e. The molecule has 4 atom stereocenters. The van der Waals surface area contributed by atoms with Crippen molar-refractivity contribution in [2.45, 2.75) is 134 Å². The average Bonchev–Trinajstić information content (AvgIpc) is 3.93. The van der Waals surface area contributed by atoms with E-state index in [1.54, 1.807) is 18.1 Å². The maximum atomic E-state index is 13.9. The van der Waals surface area contributed by atoms with Gasteiger partial charge in [-0.3, -0.25) is 33.6 Å². The molecule has 3 heterocycles. The van der Waals surface area contributed by atoms with E-state index in [2.05, 4.69) is 39.2 Å². The van der Waals surface area contributed by atoms with Crippen molar-refractivity contribution in [1.29, 1.82) is 5.26 Å². The number of benzene rings is 1. The molecule has 0 aromatic heterocycles. The van der Waals surface area contributed by atoms with Gasteiger partial charge in [0.05, 0.1) is 30.4 Å². The van der Waals surface area contributed by atoms with Gasteiger partial charge in [-0.15, -0.1) is 0 Å². The van der Waals surface area contributed by atoms with Gasteiger partial charge in [0.1, 0.15) is 18.1 Å². The summed E-state index contributed by atoms with van der Waals surface area (Å²) in [7, 11) is 1.65. The highest BCUT2D eigenvalue weighted by molar-refractivity contribution is 7.80. The lowest BCUT2D eigenvalue weighted by molar-refractivity contribution is -0.135. The molecule has 1 aromatic rings. The highest BCUT2D eigenvalue weighted by Gasteiger charge is 2.50. The first-order valence-corrected chi connectivity index (χ1v) is 22.0. The van der Waals surface area contributed by atoms with Gasteiger partial charge in [-0.05, 0) is 70.1 Å². The van der Waals surface area contributed by atoms with Crippen LogP contribution in [0.15, 0.2) is 18.2 Å². The lowest BCUT2D eigenvalue weighted by Crippen LogP contribution is -2.49. The van der Waals surface area contributed by atoms with Gasteiger partial charge in [-0.2, -0.15) is 17.9 Å². The van der Waals surface area contributed by atoms with Crippen molar-refractivity contribution < 1.29 is 51.8 Å². The Morgan fingerprint density at radius 1 is 0.968 bits per heavy atom. The van der Waals surface area contributed by atoms with Gasteiger partial charge < -0.3 is 45.9 Å². The number of hydrogen-bond donors (Lipinski definition) is 6. The van der Waals surface area contributed by atoms with Crippen molar-refractivity contribution in [3.8, 4) is 6.07 Å². The molecule has 3 aliphatic heterocycles. The molecule has 7 amide bonds. The lowest BCUT2D eigenvalue weighted by atomic mass is 9.99. The Balaban J connectivity index is 1.10. The van der Waals surface area contributed by atoms with Gasteiger partial charge in [0, 0.05) is 83.6 Å². The molecule has 0 aliphatic carbocycles. The van der Waals surface area contributed by atoms with Gasteiger partial charge in [-0.25, -0.2) is 8.78 Å². The van der Waals surface area contributed by atoms with Crippen molar-refractivity contribution in [1.82, 2.24) is 36.4 Å². The monoisotopic (exact) mass is 904 g/mol. The molecule has 5 N–H and O–H groups in total. The number of fused-ring (bicyclic) bond motifs is 1. The molecule has 1 unspecified atom stereocenters. The van der Waals surface area contributed by atoms with Crippen LogP contribution in [0.25, 0.3) is 0 Å². The van der Waals surface area contributed by atoms with E-state index in [0.29, 0.717) is 39.0 Å². The second kappa shape index (κ2) is 22.7. The first kappa shape index (κ1) is 50.8. The van der Waals surface area contributed by atoms with Gasteiger partial charge in [0.2, 0.25) is 41.4 Å². The summed E-state index contributed by atoms with van der Waals surface area (Å²) in [4.78, 5) is 91.7. The van der Waals surface area contributed by atoms with Crippen LogP contribution in [0, 0.1) is 17.2 Å². The normalized spacial score (nSPS) is 19.7. The highest BCUT2D eigenvalue weighted by Crippen LogP contribution is 2.34. The minimum Gasteiger partial charge on any atom is -0.379 e. The number of ether oxygens (including phenoxy) is 2. The Kier molecular flexibility index (Phi) is 18.3. The number of aryl methyl sites for hydroxylation is 1. The third-order valence-corrected chi connectivity index (χ3v) is 12.0. The predicted octanol–water partition coefficient (Wildman–Crippen LogP) is 1.66. The Bertz CT molecular complexity index is 1890. The summed E-state index contributed by atoms with van der Waals surface area (Å²) in [6.07, 6.45) is 0.535. The molecule has 3 aliphatic rings. The number of methoxy groups -OCH3 is 1. The second-order valence-electron chi connectivity index (χ2n) is 17.5. The van der Waals surface area contributed by atoms with Gasteiger partial charge in [-0.1, -0.05) is 18.2 Å². The van der Waals surface area contributed by atoms with E-state index in [0.717, 1.165) is 21.6 Å². The summed E-state index contributed by atoms with van der Waals surface area (Å²) in [6, 6.07) is 4.06. The molecule has 1 aromatic carbocycles. The Morgan fingerprint density at radius 3 is 2.32 bits per heavy atom. The molecule has 63 heavy (non-hydrogen) atoms. The molecular weight excluding hydrogens is 843 g/mol. The topological polar surface area (TPSA) is 228 Å². The van der Waals surface area contributed by atoms with Crippen LogP contribution >= 0.6 is 12.6 Å². The van der Waals surface area contributed by atoms with Crippen molar-refractivity contribution in [2.24, 2.45) is 5.92 Å². The fraction of sp³-hybridized carbons (Fsp3) is 0.674. The predicted molar refractivity (Wildman–Crippen MR) is 229 cm³/mol. The number of nitrogens with one attached hydrogen (secondary N) is 5. The van der Waals surface area contributed by atoms with E-state index in [1.807, 2.05) is 45.9 Å². The van der Waals surface area contributed by atoms with E-state index in [9.17, 15) is 47.6 Å². The van der Waals surface area contributed by atoms with Crippen LogP contribution in [0.1, 0.15) is 95.8 Å². The molecule has 0 radical (unpaired) electrons. The molecule has 348 valence electrons. The number of nitrogens with zero attached hydrogens (tertiary/aromatic N) is 3. The van der Waals surface area contributed by atoms with Crippen molar-refractivity contribution in [3.63, 3.8) is 0 Å². The minimum absolute atomic E-state index is 0.0448. The van der Waals surface area contributed by atoms with Gasteiger partial charge in [0.15, 0.2) is 0 Å². The molecular formula is C43H62F2N8O9S. The average molecular weight is 905 g/mol. The Hall–Kier alpha value is -4.87. The van der Waals surface area contributed by atoms with Crippen LogP contribution in [0.2, 0.25) is 0 Å². The maximum Gasteiger partial charge on any atom is 0.268 e. The molecule has 4 rings (SSSR count). The fourth-order valence-corrected chi connectivity index (χ4v) is 7.82. The maximum absolute atomic E-state index is 13.9.